The van der Waals surface area contributed by atoms with Crippen molar-refractivity contribution in [1.82, 2.24) is 20.0 Å². The molecule has 168 valence electrons. The average molecular weight is 434 g/mol. The van der Waals surface area contributed by atoms with Crippen molar-refractivity contribution in [3.8, 4) is 11.4 Å². The predicted molar refractivity (Wildman–Crippen MR) is 127 cm³/mol. The van der Waals surface area contributed by atoms with E-state index in [-0.39, 0.29) is 6.03 Å². The Morgan fingerprint density at radius 1 is 1.00 bits per heavy atom. The van der Waals surface area contributed by atoms with Crippen LogP contribution >= 0.6 is 0 Å². The Balaban J connectivity index is 1.30. The fourth-order valence-electron chi connectivity index (χ4n) is 4.26. The highest BCUT2D eigenvalue weighted by Crippen LogP contribution is 2.27. The topological polar surface area (TPSA) is 62.6 Å². The molecule has 1 fully saturated rings. The molecule has 0 bridgehead atoms. The van der Waals surface area contributed by atoms with Gasteiger partial charge in [0.05, 0.1) is 29.9 Å². The van der Waals surface area contributed by atoms with Crippen molar-refractivity contribution in [2.75, 3.05) is 44.7 Å². The van der Waals surface area contributed by atoms with Gasteiger partial charge in [-0.15, -0.1) is 0 Å². The van der Waals surface area contributed by atoms with Crippen molar-refractivity contribution in [2.24, 2.45) is 0 Å². The second kappa shape index (κ2) is 9.77. The Labute approximate surface area is 189 Å². The maximum Gasteiger partial charge on any atom is 0.317 e. The number of urea groups is 1. The molecule has 0 spiro atoms. The Morgan fingerprint density at radius 3 is 2.34 bits per heavy atom. The number of carbonyl (C=O) groups excluding carboxylic acids is 1. The number of anilines is 1. The second-order valence-corrected chi connectivity index (χ2v) is 8.07. The summed E-state index contributed by atoms with van der Waals surface area (Å²) >= 11 is 0. The van der Waals surface area contributed by atoms with Crippen molar-refractivity contribution in [3.63, 3.8) is 0 Å². The zero-order valence-electron chi connectivity index (χ0n) is 19.0. The number of rotatable bonds is 6. The number of aryl methyl sites for hydroxylation is 1. The molecule has 0 atom stereocenters. The van der Waals surface area contributed by atoms with Crippen LogP contribution in [0.3, 0.4) is 0 Å². The van der Waals surface area contributed by atoms with E-state index in [1.807, 2.05) is 52.0 Å². The van der Waals surface area contributed by atoms with E-state index < -0.39 is 0 Å². The number of nitrogens with zero attached hydrogens (tertiary/aromatic N) is 4. The Kier molecular flexibility index (Phi) is 6.63. The van der Waals surface area contributed by atoms with Gasteiger partial charge >= 0.3 is 6.03 Å². The van der Waals surface area contributed by atoms with E-state index in [9.17, 15) is 4.79 Å². The fraction of sp³-hybridized carbons (Fsp3) is 0.360. The summed E-state index contributed by atoms with van der Waals surface area (Å²) in [4.78, 5) is 16.9. The van der Waals surface area contributed by atoms with Crippen LogP contribution in [-0.4, -0.2) is 60.5 Å². The number of ether oxygens (including phenoxy) is 1. The van der Waals surface area contributed by atoms with Crippen LogP contribution in [0.2, 0.25) is 0 Å². The number of hydrogen-bond acceptors (Lipinski definition) is 4. The Morgan fingerprint density at radius 2 is 1.69 bits per heavy atom. The van der Waals surface area contributed by atoms with Crippen LogP contribution < -0.4 is 15.0 Å². The monoisotopic (exact) mass is 433 g/mol. The molecule has 7 heteroatoms. The number of carbonyl (C=O) groups is 1. The highest BCUT2D eigenvalue weighted by molar-refractivity contribution is 5.74. The summed E-state index contributed by atoms with van der Waals surface area (Å²) in [6.45, 7) is 7.78. The summed E-state index contributed by atoms with van der Waals surface area (Å²) in [7, 11) is 1.66. The number of amides is 2. The van der Waals surface area contributed by atoms with Gasteiger partial charge in [0.15, 0.2) is 0 Å². The van der Waals surface area contributed by atoms with Gasteiger partial charge in [-0.05, 0) is 50.1 Å². The van der Waals surface area contributed by atoms with E-state index in [2.05, 4.69) is 36.2 Å². The van der Waals surface area contributed by atoms with Gasteiger partial charge in [-0.3, -0.25) is 0 Å². The van der Waals surface area contributed by atoms with Gasteiger partial charge in [0.25, 0.3) is 0 Å². The van der Waals surface area contributed by atoms with Crippen LogP contribution in [0, 0.1) is 13.8 Å². The van der Waals surface area contributed by atoms with E-state index >= 15 is 0 Å². The van der Waals surface area contributed by atoms with Crippen molar-refractivity contribution in [1.29, 1.82) is 0 Å². The van der Waals surface area contributed by atoms with Crippen LogP contribution in [0.1, 0.15) is 17.0 Å². The largest absolute Gasteiger partial charge is 0.497 e. The number of nitrogens with one attached hydrogen (secondary N) is 1. The molecule has 0 radical (unpaired) electrons. The standard InChI is InChI=1S/C25H31N5O2/c1-19-24(20(2)30(27-19)22-7-5-4-6-8-22)28-15-17-29(18-16-28)25(31)26-14-13-21-9-11-23(32-3)12-10-21/h4-12H,13-18H2,1-3H3,(H,26,31). The number of hydrogen-bond donors (Lipinski definition) is 1. The zero-order valence-corrected chi connectivity index (χ0v) is 19.0. The third kappa shape index (κ3) is 4.72. The van der Waals surface area contributed by atoms with Crippen molar-refractivity contribution >= 4 is 11.7 Å². The molecule has 0 saturated carbocycles. The van der Waals surface area contributed by atoms with Crippen LogP contribution in [0.25, 0.3) is 5.69 Å². The van der Waals surface area contributed by atoms with Crippen molar-refractivity contribution in [2.45, 2.75) is 20.3 Å². The maximum absolute atomic E-state index is 12.6. The molecular weight excluding hydrogens is 402 g/mol. The summed E-state index contributed by atoms with van der Waals surface area (Å²) in [5, 5.41) is 7.82. The third-order valence-electron chi connectivity index (χ3n) is 5.99. The quantitative estimate of drug-likeness (QED) is 0.646. The molecule has 1 aliphatic rings. The molecule has 7 nitrogen and oxygen atoms in total. The lowest BCUT2D eigenvalue weighted by molar-refractivity contribution is 0.194. The molecule has 2 heterocycles. The van der Waals surface area contributed by atoms with E-state index in [4.69, 9.17) is 9.84 Å². The molecule has 1 aromatic heterocycles. The molecule has 1 aliphatic heterocycles. The highest BCUT2D eigenvalue weighted by atomic mass is 16.5. The fourth-order valence-corrected chi connectivity index (χ4v) is 4.26. The van der Waals surface area contributed by atoms with Crippen LogP contribution in [0.5, 0.6) is 5.75 Å². The first-order valence-electron chi connectivity index (χ1n) is 11.1. The second-order valence-electron chi connectivity index (χ2n) is 8.07. The minimum absolute atomic E-state index is 0.00610. The van der Waals surface area contributed by atoms with Gasteiger partial charge in [0, 0.05) is 32.7 Å². The Bertz CT molecular complexity index is 1040. The normalized spacial score (nSPS) is 13.8. The van der Waals surface area contributed by atoms with E-state index in [0.29, 0.717) is 19.6 Å². The molecule has 1 N–H and O–H groups in total. The lowest BCUT2D eigenvalue weighted by Crippen LogP contribution is -2.52. The minimum Gasteiger partial charge on any atom is -0.497 e. The number of benzene rings is 2. The Hall–Kier alpha value is -3.48. The first kappa shape index (κ1) is 21.7. The minimum atomic E-state index is 0.00610. The summed E-state index contributed by atoms with van der Waals surface area (Å²) in [6, 6.07) is 18.2. The summed E-state index contributed by atoms with van der Waals surface area (Å²) < 4.78 is 7.19. The molecule has 0 unspecified atom stereocenters. The molecule has 3 aromatic rings. The molecule has 0 aliphatic carbocycles. The summed E-state index contributed by atoms with van der Waals surface area (Å²) in [6.07, 6.45) is 0.798. The number of methoxy groups -OCH3 is 1. The molecule has 32 heavy (non-hydrogen) atoms. The maximum atomic E-state index is 12.6. The molecule has 1 saturated heterocycles. The molecule has 2 aromatic carbocycles. The average Bonchev–Trinajstić information content (AvgIpc) is 3.14. The summed E-state index contributed by atoms with van der Waals surface area (Å²) in [5.74, 6) is 0.843. The first-order chi connectivity index (χ1) is 15.6. The molecule has 4 rings (SSSR count). The van der Waals surface area contributed by atoms with E-state index in [1.54, 1.807) is 7.11 Å². The zero-order chi connectivity index (χ0) is 22.5. The number of piperazine rings is 1. The van der Waals surface area contributed by atoms with Crippen molar-refractivity contribution in [3.05, 3.63) is 71.5 Å². The van der Waals surface area contributed by atoms with Gasteiger partial charge in [0.2, 0.25) is 0 Å². The van der Waals surface area contributed by atoms with Crippen molar-refractivity contribution < 1.29 is 9.53 Å². The van der Waals surface area contributed by atoms with E-state index in [0.717, 1.165) is 42.3 Å². The predicted octanol–water partition coefficient (Wildman–Crippen LogP) is 3.57. The number of aromatic nitrogens is 2. The summed E-state index contributed by atoms with van der Waals surface area (Å²) in [5.41, 5.74) is 5.56. The lowest BCUT2D eigenvalue weighted by Gasteiger charge is -2.36. The van der Waals surface area contributed by atoms with E-state index in [1.165, 1.54) is 11.3 Å². The SMILES string of the molecule is COc1ccc(CCNC(=O)N2CCN(c3c(C)nn(-c4ccccc4)c3C)CC2)cc1. The lowest BCUT2D eigenvalue weighted by atomic mass is 10.1. The highest BCUT2D eigenvalue weighted by Gasteiger charge is 2.25. The van der Waals surface area contributed by atoms with Crippen LogP contribution in [0.4, 0.5) is 10.5 Å². The molecular formula is C25H31N5O2. The van der Waals surface area contributed by atoms with Gasteiger partial charge < -0.3 is 19.9 Å². The van der Waals surface area contributed by atoms with Gasteiger partial charge in [-0.2, -0.15) is 5.10 Å². The van der Waals surface area contributed by atoms with Crippen LogP contribution in [0.15, 0.2) is 54.6 Å². The van der Waals surface area contributed by atoms with Gasteiger partial charge in [0.1, 0.15) is 5.75 Å². The third-order valence-corrected chi connectivity index (χ3v) is 5.99. The van der Waals surface area contributed by atoms with Crippen LogP contribution in [-0.2, 0) is 6.42 Å². The number of para-hydroxylation sites is 1. The van der Waals surface area contributed by atoms with Gasteiger partial charge in [-0.25, -0.2) is 9.48 Å². The first-order valence-corrected chi connectivity index (χ1v) is 11.1. The smallest absolute Gasteiger partial charge is 0.317 e. The van der Waals surface area contributed by atoms with Gasteiger partial charge in [-0.1, -0.05) is 30.3 Å². The molecule has 2 amide bonds.